The quantitative estimate of drug-likeness (QED) is 0.664. The van der Waals surface area contributed by atoms with Gasteiger partial charge in [0.05, 0.1) is 5.02 Å². The smallest absolute Gasteiger partial charge is 0.168 e. The highest BCUT2D eigenvalue weighted by Gasteiger charge is 2.31. The summed E-state index contributed by atoms with van der Waals surface area (Å²) >= 11 is 9.16. The predicted octanol–water partition coefficient (Wildman–Crippen LogP) is 3.28. The molecule has 0 saturated heterocycles. The molecule has 0 atom stereocenters. The molecule has 0 unspecified atom stereocenters. The van der Waals surface area contributed by atoms with Crippen LogP contribution >= 0.6 is 27.5 Å². The molecule has 0 heterocycles. The third-order valence-electron chi connectivity index (χ3n) is 2.31. The Balaban J connectivity index is 2.41. The van der Waals surface area contributed by atoms with Crippen LogP contribution in [0.15, 0.2) is 16.6 Å². The first-order chi connectivity index (χ1) is 6.59. The van der Waals surface area contributed by atoms with Gasteiger partial charge in [0.2, 0.25) is 0 Å². The SMILES string of the molecule is Nc1cc(Br)c(Cl)cc1C(=O)C1CC1. The maximum Gasteiger partial charge on any atom is 0.168 e. The number of nitrogens with two attached hydrogens (primary N) is 1. The summed E-state index contributed by atoms with van der Waals surface area (Å²) < 4.78 is 0.726. The third-order valence-corrected chi connectivity index (χ3v) is 3.50. The highest BCUT2D eigenvalue weighted by atomic mass is 79.9. The molecule has 1 aromatic rings. The van der Waals surface area contributed by atoms with E-state index in [9.17, 15) is 4.79 Å². The second-order valence-electron chi connectivity index (χ2n) is 3.49. The molecule has 1 saturated carbocycles. The molecule has 2 N–H and O–H groups in total. The van der Waals surface area contributed by atoms with Crippen molar-refractivity contribution in [2.45, 2.75) is 12.8 Å². The minimum atomic E-state index is 0.122. The van der Waals surface area contributed by atoms with E-state index in [1.54, 1.807) is 12.1 Å². The van der Waals surface area contributed by atoms with Crippen molar-refractivity contribution in [3.05, 3.63) is 27.2 Å². The van der Waals surface area contributed by atoms with Gasteiger partial charge in [-0.3, -0.25) is 4.79 Å². The van der Waals surface area contributed by atoms with Gasteiger partial charge in [-0.05, 0) is 40.9 Å². The summed E-state index contributed by atoms with van der Waals surface area (Å²) in [6, 6.07) is 3.32. The average Bonchev–Trinajstić information content (AvgIpc) is 2.93. The van der Waals surface area contributed by atoms with E-state index in [2.05, 4.69) is 15.9 Å². The molecule has 1 aliphatic carbocycles. The van der Waals surface area contributed by atoms with Crippen LogP contribution in [0.3, 0.4) is 0 Å². The number of benzene rings is 1. The number of carbonyl (C=O) groups excluding carboxylic acids is 1. The van der Waals surface area contributed by atoms with E-state index in [-0.39, 0.29) is 11.7 Å². The number of nitrogen functional groups attached to an aromatic ring is 1. The number of anilines is 1. The van der Waals surface area contributed by atoms with Gasteiger partial charge in [-0.1, -0.05) is 11.6 Å². The van der Waals surface area contributed by atoms with Crippen molar-refractivity contribution >= 4 is 39.0 Å². The molecule has 74 valence electrons. The predicted molar refractivity (Wildman–Crippen MR) is 60.6 cm³/mol. The lowest BCUT2D eigenvalue weighted by Gasteiger charge is -2.05. The molecule has 1 aliphatic rings. The van der Waals surface area contributed by atoms with Crippen LogP contribution in [0.1, 0.15) is 23.2 Å². The van der Waals surface area contributed by atoms with Gasteiger partial charge < -0.3 is 5.73 Å². The van der Waals surface area contributed by atoms with Crippen molar-refractivity contribution < 1.29 is 4.79 Å². The highest BCUT2D eigenvalue weighted by molar-refractivity contribution is 9.10. The van der Waals surface area contributed by atoms with E-state index in [1.165, 1.54) is 0 Å². The minimum absolute atomic E-state index is 0.122. The molecule has 4 heteroatoms. The summed E-state index contributed by atoms with van der Waals surface area (Å²) in [5.74, 6) is 0.298. The van der Waals surface area contributed by atoms with Gasteiger partial charge in [0.25, 0.3) is 0 Å². The lowest BCUT2D eigenvalue weighted by molar-refractivity contribution is 0.0968. The van der Waals surface area contributed by atoms with E-state index in [1.807, 2.05) is 0 Å². The summed E-state index contributed by atoms with van der Waals surface area (Å²) in [5, 5.41) is 0.531. The van der Waals surface area contributed by atoms with Crippen LogP contribution in [0.4, 0.5) is 5.69 Å². The molecule has 0 amide bonds. The zero-order chi connectivity index (χ0) is 10.3. The van der Waals surface area contributed by atoms with Gasteiger partial charge in [0.1, 0.15) is 0 Å². The molecular formula is C10H9BrClNO. The van der Waals surface area contributed by atoms with Gasteiger partial charge in [-0.15, -0.1) is 0 Å². The Morgan fingerprint density at radius 3 is 2.71 bits per heavy atom. The fourth-order valence-electron chi connectivity index (χ4n) is 1.34. The van der Waals surface area contributed by atoms with Crippen molar-refractivity contribution in [1.82, 2.24) is 0 Å². The summed E-state index contributed by atoms with van der Waals surface area (Å²) in [6.07, 6.45) is 1.96. The van der Waals surface area contributed by atoms with Crippen molar-refractivity contribution in [2.75, 3.05) is 5.73 Å². The molecule has 14 heavy (non-hydrogen) atoms. The zero-order valence-electron chi connectivity index (χ0n) is 7.39. The van der Waals surface area contributed by atoms with Gasteiger partial charge in [0.15, 0.2) is 5.78 Å². The first-order valence-electron chi connectivity index (χ1n) is 4.38. The maximum absolute atomic E-state index is 11.7. The van der Waals surface area contributed by atoms with Crippen LogP contribution in [0.25, 0.3) is 0 Å². The van der Waals surface area contributed by atoms with E-state index in [0.717, 1.165) is 17.3 Å². The number of halogens is 2. The Bertz CT molecular complexity index is 401. The Kier molecular flexibility index (Phi) is 2.54. The van der Waals surface area contributed by atoms with Gasteiger partial charge in [-0.2, -0.15) is 0 Å². The third kappa shape index (κ3) is 1.79. The highest BCUT2D eigenvalue weighted by Crippen LogP contribution is 2.36. The summed E-state index contributed by atoms with van der Waals surface area (Å²) in [5.41, 5.74) is 6.80. The van der Waals surface area contributed by atoms with Crippen molar-refractivity contribution in [3.8, 4) is 0 Å². The van der Waals surface area contributed by atoms with Crippen molar-refractivity contribution in [3.63, 3.8) is 0 Å². The number of hydrogen-bond acceptors (Lipinski definition) is 2. The molecule has 1 fully saturated rings. The molecule has 2 rings (SSSR count). The molecule has 2 nitrogen and oxygen atoms in total. The fraction of sp³-hybridized carbons (Fsp3) is 0.300. The lowest BCUT2D eigenvalue weighted by atomic mass is 10.1. The van der Waals surface area contributed by atoms with Crippen LogP contribution in [-0.4, -0.2) is 5.78 Å². The second kappa shape index (κ2) is 3.55. The average molecular weight is 275 g/mol. The number of Topliss-reactive ketones (excluding diaryl/α,β-unsaturated/α-hetero) is 1. The van der Waals surface area contributed by atoms with Crippen LogP contribution < -0.4 is 5.73 Å². The first kappa shape index (κ1) is 9.99. The Morgan fingerprint density at radius 2 is 2.14 bits per heavy atom. The van der Waals surface area contributed by atoms with E-state index < -0.39 is 0 Å². The Hall–Kier alpha value is -0.540. The van der Waals surface area contributed by atoms with Gasteiger partial charge in [0, 0.05) is 21.6 Å². The minimum Gasteiger partial charge on any atom is -0.398 e. The Labute approximate surface area is 95.6 Å². The fourth-order valence-corrected chi connectivity index (χ4v) is 1.87. The molecule has 0 aliphatic heterocycles. The Morgan fingerprint density at radius 1 is 1.50 bits per heavy atom. The topological polar surface area (TPSA) is 43.1 Å². The monoisotopic (exact) mass is 273 g/mol. The molecular weight excluding hydrogens is 265 g/mol. The standard InChI is InChI=1S/C10H9BrClNO/c11-7-4-9(13)6(3-8(7)12)10(14)5-1-2-5/h3-5H,1-2,13H2. The van der Waals surface area contributed by atoms with Crippen molar-refractivity contribution in [2.24, 2.45) is 5.92 Å². The number of ketones is 1. The van der Waals surface area contributed by atoms with E-state index in [4.69, 9.17) is 17.3 Å². The number of hydrogen-bond donors (Lipinski definition) is 1. The zero-order valence-corrected chi connectivity index (χ0v) is 9.73. The first-order valence-corrected chi connectivity index (χ1v) is 5.55. The van der Waals surface area contributed by atoms with Gasteiger partial charge >= 0.3 is 0 Å². The molecule has 0 bridgehead atoms. The van der Waals surface area contributed by atoms with Crippen LogP contribution in [-0.2, 0) is 0 Å². The normalized spacial score (nSPS) is 15.6. The summed E-state index contributed by atoms with van der Waals surface area (Å²) in [4.78, 5) is 11.7. The van der Waals surface area contributed by atoms with Crippen LogP contribution in [0, 0.1) is 5.92 Å². The van der Waals surface area contributed by atoms with Crippen LogP contribution in [0.2, 0.25) is 5.02 Å². The summed E-state index contributed by atoms with van der Waals surface area (Å²) in [7, 11) is 0. The van der Waals surface area contributed by atoms with Gasteiger partial charge in [-0.25, -0.2) is 0 Å². The second-order valence-corrected chi connectivity index (χ2v) is 4.75. The van der Waals surface area contributed by atoms with Crippen molar-refractivity contribution in [1.29, 1.82) is 0 Å². The van der Waals surface area contributed by atoms with E-state index in [0.29, 0.717) is 16.3 Å². The maximum atomic E-state index is 11.7. The van der Waals surface area contributed by atoms with Crippen LogP contribution in [0.5, 0.6) is 0 Å². The molecule has 0 spiro atoms. The lowest BCUT2D eigenvalue weighted by Crippen LogP contribution is -2.05. The molecule has 0 radical (unpaired) electrons. The largest absolute Gasteiger partial charge is 0.398 e. The molecule has 0 aromatic heterocycles. The van der Waals surface area contributed by atoms with E-state index >= 15 is 0 Å². The number of carbonyl (C=O) groups is 1. The summed E-state index contributed by atoms with van der Waals surface area (Å²) in [6.45, 7) is 0. The number of rotatable bonds is 2. The molecule has 1 aromatic carbocycles.